The Labute approximate surface area is 151 Å². The summed E-state index contributed by atoms with van der Waals surface area (Å²) in [6.45, 7) is 1.25. The minimum Gasteiger partial charge on any atom is -0.456 e. The van der Waals surface area contributed by atoms with Gasteiger partial charge in [-0.05, 0) is 25.0 Å². The lowest BCUT2D eigenvalue weighted by Crippen LogP contribution is -2.35. The fourth-order valence-corrected chi connectivity index (χ4v) is 3.10. The summed E-state index contributed by atoms with van der Waals surface area (Å²) in [6.07, 6.45) is 4.60. The zero-order chi connectivity index (χ0) is 18.4. The number of aromatic nitrogens is 2. The van der Waals surface area contributed by atoms with E-state index in [0.29, 0.717) is 16.7 Å². The van der Waals surface area contributed by atoms with Crippen LogP contribution in [0.2, 0.25) is 0 Å². The van der Waals surface area contributed by atoms with Gasteiger partial charge >= 0.3 is 5.97 Å². The van der Waals surface area contributed by atoms with Crippen LogP contribution in [-0.2, 0) is 20.7 Å². The molecular weight excluding hydrogens is 334 g/mol. The van der Waals surface area contributed by atoms with E-state index >= 15 is 0 Å². The summed E-state index contributed by atoms with van der Waals surface area (Å²) in [5, 5.41) is 0.516. The van der Waals surface area contributed by atoms with Gasteiger partial charge in [0.2, 0.25) is 0 Å². The lowest BCUT2D eigenvalue weighted by atomic mass is 10.2. The van der Waals surface area contributed by atoms with Crippen molar-refractivity contribution in [2.24, 2.45) is 0 Å². The van der Waals surface area contributed by atoms with Crippen LogP contribution in [0, 0.1) is 0 Å². The molecule has 1 aromatic carbocycles. The highest BCUT2D eigenvalue weighted by Gasteiger charge is 2.17. The molecule has 7 heteroatoms. The molecular formula is C19H23N3O4. The van der Waals surface area contributed by atoms with Crippen LogP contribution in [0.4, 0.5) is 0 Å². The molecule has 138 valence electrons. The molecule has 1 aliphatic heterocycles. The van der Waals surface area contributed by atoms with Gasteiger partial charge in [-0.1, -0.05) is 25.0 Å². The Morgan fingerprint density at radius 3 is 2.62 bits per heavy atom. The zero-order valence-electron chi connectivity index (χ0n) is 14.7. The molecule has 2 heterocycles. The number of likely N-dealkylation sites (tertiary alicyclic amines) is 1. The Balaban J connectivity index is 1.49. The molecule has 0 radical (unpaired) electrons. The number of fused-ring (bicyclic) bond motifs is 1. The van der Waals surface area contributed by atoms with Gasteiger partial charge in [0.1, 0.15) is 5.82 Å². The number of hydrogen-bond donors (Lipinski definition) is 1. The number of hydrogen-bond acceptors (Lipinski definition) is 5. The number of carbonyl (C=O) groups is 2. The smallest absolute Gasteiger partial charge is 0.306 e. The Hall–Kier alpha value is -2.70. The number of rotatable bonds is 5. The summed E-state index contributed by atoms with van der Waals surface area (Å²) in [7, 11) is 0. The Kier molecular flexibility index (Phi) is 5.99. The quantitative estimate of drug-likeness (QED) is 0.824. The van der Waals surface area contributed by atoms with E-state index in [-0.39, 0.29) is 30.9 Å². The van der Waals surface area contributed by atoms with Crippen LogP contribution in [0.1, 0.15) is 37.9 Å². The van der Waals surface area contributed by atoms with E-state index in [0.717, 1.165) is 38.8 Å². The largest absolute Gasteiger partial charge is 0.456 e. The predicted molar refractivity (Wildman–Crippen MR) is 96.7 cm³/mol. The summed E-state index contributed by atoms with van der Waals surface area (Å²) < 4.78 is 5.09. The van der Waals surface area contributed by atoms with Crippen LogP contribution in [0.5, 0.6) is 0 Å². The van der Waals surface area contributed by atoms with E-state index in [1.165, 1.54) is 0 Å². The molecule has 0 unspecified atom stereocenters. The van der Waals surface area contributed by atoms with Gasteiger partial charge in [0, 0.05) is 19.5 Å². The lowest BCUT2D eigenvalue weighted by Gasteiger charge is -2.19. The van der Waals surface area contributed by atoms with E-state index in [9.17, 15) is 14.4 Å². The van der Waals surface area contributed by atoms with Gasteiger partial charge in [0.15, 0.2) is 6.61 Å². The van der Waals surface area contributed by atoms with Crippen molar-refractivity contribution in [1.29, 1.82) is 0 Å². The molecule has 1 aromatic heterocycles. The second-order valence-electron chi connectivity index (χ2n) is 6.49. The number of ether oxygens (including phenoxy) is 1. The third kappa shape index (κ3) is 4.68. The number of aryl methyl sites for hydroxylation is 1. The number of nitrogens with one attached hydrogen (secondary N) is 1. The molecule has 0 atom stereocenters. The minimum absolute atomic E-state index is 0.0640. The summed E-state index contributed by atoms with van der Waals surface area (Å²) in [6, 6.07) is 7.04. The number of carbonyl (C=O) groups excluding carboxylic acids is 2. The third-order valence-corrected chi connectivity index (χ3v) is 4.54. The summed E-state index contributed by atoms with van der Waals surface area (Å²) in [4.78, 5) is 44.8. The fourth-order valence-electron chi connectivity index (χ4n) is 3.10. The highest BCUT2D eigenvalue weighted by Crippen LogP contribution is 2.10. The monoisotopic (exact) mass is 357 g/mol. The first kappa shape index (κ1) is 18.1. The van der Waals surface area contributed by atoms with Crippen molar-refractivity contribution >= 4 is 22.8 Å². The molecule has 0 aliphatic carbocycles. The highest BCUT2D eigenvalue weighted by molar-refractivity contribution is 5.81. The van der Waals surface area contributed by atoms with Crippen molar-refractivity contribution in [2.45, 2.75) is 38.5 Å². The average Bonchev–Trinajstić information content (AvgIpc) is 2.94. The van der Waals surface area contributed by atoms with Crippen LogP contribution < -0.4 is 5.56 Å². The van der Waals surface area contributed by atoms with E-state index in [1.54, 1.807) is 29.2 Å². The van der Waals surface area contributed by atoms with Crippen molar-refractivity contribution in [2.75, 3.05) is 19.7 Å². The SMILES string of the molecule is O=C(CCc1nc2ccccc2c(=O)[nH]1)OCC(=O)N1CCCCCC1. The Morgan fingerprint density at radius 2 is 1.85 bits per heavy atom. The van der Waals surface area contributed by atoms with Crippen molar-refractivity contribution < 1.29 is 14.3 Å². The first-order valence-corrected chi connectivity index (χ1v) is 9.05. The number of aromatic amines is 1. The van der Waals surface area contributed by atoms with Gasteiger partial charge in [-0.2, -0.15) is 0 Å². The van der Waals surface area contributed by atoms with E-state index in [4.69, 9.17) is 4.74 Å². The third-order valence-electron chi connectivity index (χ3n) is 4.54. The van der Waals surface area contributed by atoms with Crippen LogP contribution in [-0.4, -0.2) is 46.4 Å². The lowest BCUT2D eigenvalue weighted by molar-refractivity contribution is -0.152. The van der Waals surface area contributed by atoms with Crippen LogP contribution in [0.25, 0.3) is 10.9 Å². The summed E-state index contributed by atoms with van der Waals surface area (Å²) >= 11 is 0. The fraction of sp³-hybridized carbons (Fsp3) is 0.474. The summed E-state index contributed by atoms with van der Waals surface area (Å²) in [5.41, 5.74) is 0.367. The average molecular weight is 357 g/mol. The molecule has 1 N–H and O–H groups in total. The van der Waals surface area contributed by atoms with Gasteiger partial charge in [0.05, 0.1) is 17.3 Å². The van der Waals surface area contributed by atoms with Gasteiger partial charge < -0.3 is 14.6 Å². The number of nitrogens with zero attached hydrogens (tertiary/aromatic N) is 2. The van der Waals surface area contributed by atoms with Gasteiger partial charge in [-0.25, -0.2) is 4.98 Å². The Bertz CT molecular complexity index is 838. The number of H-pyrrole nitrogens is 1. The van der Waals surface area contributed by atoms with Gasteiger partial charge in [-0.15, -0.1) is 0 Å². The van der Waals surface area contributed by atoms with Crippen LogP contribution in [0.15, 0.2) is 29.1 Å². The first-order chi connectivity index (χ1) is 12.6. The molecule has 26 heavy (non-hydrogen) atoms. The number of para-hydroxylation sites is 1. The highest BCUT2D eigenvalue weighted by atomic mass is 16.5. The molecule has 2 aromatic rings. The zero-order valence-corrected chi connectivity index (χ0v) is 14.7. The van der Waals surface area contributed by atoms with Crippen LogP contribution >= 0.6 is 0 Å². The van der Waals surface area contributed by atoms with Crippen molar-refractivity contribution in [1.82, 2.24) is 14.9 Å². The van der Waals surface area contributed by atoms with Gasteiger partial charge in [0.25, 0.3) is 11.5 Å². The molecule has 1 fully saturated rings. The first-order valence-electron chi connectivity index (χ1n) is 9.05. The predicted octanol–water partition coefficient (Wildman–Crippen LogP) is 1.80. The maximum Gasteiger partial charge on any atom is 0.306 e. The maximum absolute atomic E-state index is 12.1. The maximum atomic E-state index is 12.1. The molecule has 1 amide bonds. The molecule has 7 nitrogen and oxygen atoms in total. The summed E-state index contributed by atoms with van der Waals surface area (Å²) in [5.74, 6) is -0.175. The second-order valence-corrected chi connectivity index (χ2v) is 6.49. The molecule has 3 rings (SSSR count). The van der Waals surface area contributed by atoms with E-state index in [2.05, 4.69) is 9.97 Å². The van der Waals surface area contributed by atoms with Crippen molar-refractivity contribution in [3.8, 4) is 0 Å². The molecule has 1 aliphatic rings. The van der Waals surface area contributed by atoms with Gasteiger partial charge in [-0.3, -0.25) is 14.4 Å². The molecule has 0 saturated carbocycles. The van der Waals surface area contributed by atoms with Crippen LogP contribution in [0.3, 0.4) is 0 Å². The number of esters is 1. The Morgan fingerprint density at radius 1 is 1.12 bits per heavy atom. The second kappa shape index (κ2) is 8.60. The van der Waals surface area contributed by atoms with E-state index < -0.39 is 5.97 Å². The standard InChI is InChI=1S/C19H23N3O4/c23-17(22-11-5-1-2-6-12-22)13-26-18(24)10-9-16-20-15-8-4-3-7-14(15)19(25)21-16/h3-4,7-8H,1-2,5-6,9-13H2,(H,20,21,25). The van der Waals surface area contributed by atoms with Crippen molar-refractivity contribution in [3.05, 3.63) is 40.4 Å². The number of benzene rings is 1. The van der Waals surface area contributed by atoms with Crippen molar-refractivity contribution in [3.63, 3.8) is 0 Å². The minimum atomic E-state index is -0.469. The molecule has 1 saturated heterocycles. The topological polar surface area (TPSA) is 92.4 Å². The molecule has 0 spiro atoms. The number of amides is 1. The normalized spacial score (nSPS) is 14.8. The molecule has 0 bridgehead atoms. The van der Waals surface area contributed by atoms with E-state index in [1.807, 2.05) is 0 Å².